The Hall–Kier alpha value is -2.47. The molecule has 0 saturated heterocycles. The zero-order chi connectivity index (χ0) is 16.8. The lowest BCUT2D eigenvalue weighted by Gasteiger charge is -2.08. The Balaban J connectivity index is 1.87. The summed E-state index contributed by atoms with van der Waals surface area (Å²) in [5, 5.41) is 0.542. The highest BCUT2D eigenvalue weighted by atomic mass is 35.5. The van der Waals surface area contributed by atoms with Crippen molar-refractivity contribution in [3.63, 3.8) is 0 Å². The van der Waals surface area contributed by atoms with Crippen LogP contribution in [-0.4, -0.2) is 20.9 Å². The number of halogens is 1. The lowest BCUT2D eigenvalue weighted by molar-refractivity contribution is 0.174. The molecule has 24 heavy (non-hydrogen) atoms. The van der Waals surface area contributed by atoms with Gasteiger partial charge in [0.25, 0.3) is 0 Å². The number of imidazole rings is 1. The molecule has 0 N–H and O–H groups in total. The van der Waals surface area contributed by atoms with Gasteiger partial charge >= 0.3 is 5.69 Å². The molecule has 7 heteroatoms. The van der Waals surface area contributed by atoms with Crippen LogP contribution in [0.15, 0.2) is 35.3 Å². The van der Waals surface area contributed by atoms with Crippen LogP contribution in [0.2, 0.25) is 5.02 Å². The largest absolute Gasteiger partial charge is 0.454 e. The Bertz CT molecular complexity index is 991. The molecule has 0 spiro atoms. The Morgan fingerprint density at radius 1 is 1.29 bits per heavy atom. The van der Waals surface area contributed by atoms with Gasteiger partial charge in [0.1, 0.15) is 0 Å². The van der Waals surface area contributed by atoms with Crippen molar-refractivity contribution in [3.05, 3.63) is 51.5 Å². The van der Waals surface area contributed by atoms with Gasteiger partial charge in [-0.15, -0.1) is 0 Å². The number of benzene rings is 1. The summed E-state index contributed by atoms with van der Waals surface area (Å²) in [4.78, 5) is 17.2. The second kappa shape index (κ2) is 5.56. The van der Waals surface area contributed by atoms with Crippen molar-refractivity contribution in [1.82, 2.24) is 14.1 Å². The topological polar surface area (TPSA) is 58.3 Å². The molecule has 3 aromatic rings. The number of aromatic nitrogens is 3. The zero-order valence-electron chi connectivity index (χ0n) is 13.3. The summed E-state index contributed by atoms with van der Waals surface area (Å²) < 4.78 is 14.1. The van der Waals surface area contributed by atoms with Crippen LogP contribution in [0.5, 0.6) is 11.5 Å². The molecule has 0 atom stereocenters. The summed E-state index contributed by atoms with van der Waals surface area (Å²) in [5.41, 5.74) is 2.15. The van der Waals surface area contributed by atoms with E-state index in [4.69, 9.17) is 21.1 Å². The minimum absolute atomic E-state index is 0.0170. The maximum absolute atomic E-state index is 12.9. The minimum Gasteiger partial charge on any atom is -0.454 e. The smallest absolute Gasteiger partial charge is 0.330 e. The minimum atomic E-state index is -0.104. The van der Waals surface area contributed by atoms with E-state index in [1.165, 1.54) is 0 Å². The van der Waals surface area contributed by atoms with Gasteiger partial charge in [-0.05, 0) is 37.6 Å². The molecule has 0 aliphatic carbocycles. The Kier molecular flexibility index (Phi) is 3.49. The van der Waals surface area contributed by atoms with Crippen LogP contribution in [-0.2, 0) is 6.54 Å². The van der Waals surface area contributed by atoms with Crippen molar-refractivity contribution in [2.24, 2.45) is 0 Å². The Morgan fingerprint density at radius 2 is 2.04 bits per heavy atom. The monoisotopic (exact) mass is 345 g/mol. The summed E-state index contributed by atoms with van der Waals surface area (Å²) in [5.74, 6) is 1.27. The van der Waals surface area contributed by atoms with Gasteiger partial charge in [0, 0.05) is 23.3 Å². The van der Waals surface area contributed by atoms with Crippen LogP contribution >= 0.6 is 11.6 Å². The number of fused-ring (bicyclic) bond motifs is 2. The van der Waals surface area contributed by atoms with Crippen LogP contribution in [0, 0.1) is 0 Å². The van der Waals surface area contributed by atoms with Gasteiger partial charge in [0.2, 0.25) is 6.79 Å². The molecule has 3 heterocycles. The molecule has 0 saturated carbocycles. The van der Waals surface area contributed by atoms with Gasteiger partial charge in [0.15, 0.2) is 17.1 Å². The van der Waals surface area contributed by atoms with E-state index < -0.39 is 0 Å². The van der Waals surface area contributed by atoms with Crippen molar-refractivity contribution in [1.29, 1.82) is 0 Å². The fourth-order valence-electron chi connectivity index (χ4n) is 2.98. The zero-order valence-corrected chi connectivity index (χ0v) is 14.1. The van der Waals surface area contributed by atoms with E-state index in [-0.39, 0.29) is 18.5 Å². The summed E-state index contributed by atoms with van der Waals surface area (Å²) in [6.07, 6.45) is 1.69. The highest BCUT2D eigenvalue weighted by Gasteiger charge is 2.20. The standard InChI is InChI=1S/C17H16ClN3O3/c1-10(2)21-16-13(4-3-5-19-16)20(17(21)22)8-11-6-14-15(7-12(11)18)24-9-23-14/h3-7,10H,8-9H2,1-2H3. The third-order valence-electron chi connectivity index (χ3n) is 4.11. The predicted molar refractivity (Wildman–Crippen MR) is 91.1 cm³/mol. The molecule has 2 aromatic heterocycles. The van der Waals surface area contributed by atoms with Crippen LogP contribution in [0.3, 0.4) is 0 Å². The van der Waals surface area contributed by atoms with E-state index in [0.29, 0.717) is 28.7 Å². The predicted octanol–water partition coefficient (Wildman–Crippen LogP) is 3.21. The van der Waals surface area contributed by atoms with Crippen molar-refractivity contribution in [2.45, 2.75) is 26.4 Å². The van der Waals surface area contributed by atoms with Gasteiger partial charge in [-0.3, -0.25) is 9.13 Å². The summed E-state index contributed by atoms with van der Waals surface area (Å²) in [6.45, 7) is 4.46. The third kappa shape index (κ3) is 2.26. The van der Waals surface area contributed by atoms with E-state index in [0.717, 1.165) is 11.1 Å². The van der Waals surface area contributed by atoms with Crippen molar-refractivity contribution < 1.29 is 9.47 Å². The van der Waals surface area contributed by atoms with Crippen molar-refractivity contribution in [2.75, 3.05) is 6.79 Å². The van der Waals surface area contributed by atoms with Gasteiger partial charge in [-0.2, -0.15) is 0 Å². The number of ether oxygens (including phenoxy) is 2. The van der Waals surface area contributed by atoms with Crippen LogP contribution in [0.4, 0.5) is 0 Å². The van der Waals surface area contributed by atoms with Gasteiger partial charge in [-0.25, -0.2) is 9.78 Å². The van der Waals surface area contributed by atoms with E-state index in [1.807, 2.05) is 32.0 Å². The number of pyridine rings is 1. The first-order valence-electron chi connectivity index (χ1n) is 7.70. The first kappa shape index (κ1) is 15.1. The highest BCUT2D eigenvalue weighted by Crippen LogP contribution is 2.37. The molecule has 0 radical (unpaired) electrons. The second-order valence-corrected chi connectivity index (χ2v) is 6.38. The van der Waals surface area contributed by atoms with E-state index >= 15 is 0 Å². The van der Waals surface area contributed by atoms with Gasteiger partial charge in [-0.1, -0.05) is 11.6 Å². The lowest BCUT2D eigenvalue weighted by Crippen LogP contribution is -2.26. The average Bonchev–Trinajstić information content (AvgIpc) is 3.10. The lowest BCUT2D eigenvalue weighted by atomic mass is 10.2. The fraction of sp³-hybridized carbons (Fsp3) is 0.294. The molecule has 0 amide bonds. The summed E-state index contributed by atoms with van der Waals surface area (Å²) in [6, 6.07) is 7.28. The maximum Gasteiger partial charge on any atom is 0.330 e. The SMILES string of the molecule is CC(C)n1c(=O)n(Cc2cc3c(cc2Cl)OCO3)c2cccnc21. The maximum atomic E-state index is 12.9. The van der Waals surface area contributed by atoms with Crippen molar-refractivity contribution >= 4 is 22.8 Å². The van der Waals surface area contributed by atoms with Crippen molar-refractivity contribution in [3.8, 4) is 11.5 Å². The molecule has 1 aromatic carbocycles. The number of hydrogen-bond donors (Lipinski definition) is 0. The molecule has 124 valence electrons. The first-order chi connectivity index (χ1) is 11.6. The molecular formula is C17H16ClN3O3. The highest BCUT2D eigenvalue weighted by molar-refractivity contribution is 6.31. The van der Waals surface area contributed by atoms with E-state index in [9.17, 15) is 4.79 Å². The molecule has 0 unspecified atom stereocenters. The molecule has 1 aliphatic rings. The number of hydrogen-bond acceptors (Lipinski definition) is 4. The molecule has 4 rings (SSSR count). The normalized spacial score (nSPS) is 13.2. The summed E-state index contributed by atoms with van der Waals surface area (Å²) in [7, 11) is 0. The van der Waals surface area contributed by atoms with Crippen LogP contribution in [0.1, 0.15) is 25.5 Å². The second-order valence-electron chi connectivity index (χ2n) is 5.98. The average molecular weight is 346 g/mol. The molecule has 6 nitrogen and oxygen atoms in total. The van der Waals surface area contributed by atoms with Crippen LogP contribution < -0.4 is 15.2 Å². The molecule has 0 fully saturated rings. The Morgan fingerprint density at radius 3 is 2.79 bits per heavy atom. The fourth-order valence-corrected chi connectivity index (χ4v) is 3.19. The first-order valence-corrected chi connectivity index (χ1v) is 8.08. The number of rotatable bonds is 3. The molecule has 0 bridgehead atoms. The third-order valence-corrected chi connectivity index (χ3v) is 4.46. The Labute approximate surface area is 143 Å². The van der Waals surface area contributed by atoms with Crippen LogP contribution in [0.25, 0.3) is 11.2 Å². The molecular weight excluding hydrogens is 330 g/mol. The molecule has 1 aliphatic heterocycles. The van der Waals surface area contributed by atoms with Gasteiger partial charge < -0.3 is 9.47 Å². The summed E-state index contributed by atoms with van der Waals surface area (Å²) >= 11 is 6.36. The quantitative estimate of drug-likeness (QED) is 0.731. The number of nitrogens with zero attached hydrogens (tertiary/aromatic N) is 3. The van der Waals surface area contributed by atoms with Gasteiger partial charge in [0.05, 0.1) is 12.1 Å². The van der Waals surface area contributed by atoms with E-state index in [2.05, 4.69) is 4.98 Å². The van der Waals surface area contributed by atoms with E-state index in [1.54, 1.807) is 21.4 Å².